The smallest absolute Gasteiger partial charge is 0.308 e. The second-order valence-corrected chi connectivity index (χ2v) is 7.81. The molecular formula is C21H28N2O5. The number of aryl methyl sites for hydroxylation is 2. The van der Waals surface area contributed by atoms with Gasteiger partial charge in [0, 0.05) is 26.2 Å². The lowest BCUT2D eigenvalue weighted by Gasteiger charge is -2.38. The van der Waals surface area contributed by atoms with E-state index >= 15 is 0 Å². The van der Waals surface area contributed by atoms with E-state index in [0.717, 1.165) is 16.7 Å². The normalized spacial score (nSPS) is 22.8. The van der Waals surface area contributed by atoms with Gasteiger partial charge in [-0.05, 0) is 31.4 Å². The van der Waals surface area contributed by atoms with Crippen molar-refractivity contribution in [3.05, 3.63) is 34.9 Å². The number of ether oxygens (including phenoxy) is 1. The summed E-state index contributed by atoms with van der Waals surface area (Å²) in [6.45, 7) is 6.41. The van der Waals surface area contributed by atoms with E-state index in [2.05, 4.69) is 0 Å². The van der Waals surface area contributed by atoms with Gasteiger partial charge in [-0.25, -0.2) is 0 Å². The van der Waals surface area contributed by atoms with E-state index in [1.54, 1.807) is 9.80 Å². The monoisotopic (exact) mass is 388 g/mol. The van der Waals surface area contributed by atoms with Crippen molar-refractivity contribution < 1.29 is 24.2 Å². The quantitative estimate of drug-likeness (QED) is 0.839. The molecule has 0 radical (unpaired) electrons. The summed E-state index contributed by atoms with van der Waals surface area (Å²) in [5.74, 6) is -2.34. The van der Waals surface area contributed by atoms with Crippen LogP contribution in [0.15, 0.2) is 18.2 Å². The fraction of sp³-hybridized carbons (Fsp3) is 0.571. The van der Waals surface area contributed by atoms with Gasteiger partial charge < -0.3 is 19.6 Å². The molecule has 0 aromatic heterocycles. The Labute approximate surface area is 165 Å². The van der Waals surface area contributed by atoms with Gasteiger partial charge in [-0.1, -0.05) is 23.8 Å². The van der Waals surface area contributed by atoms with Gasteiger partial charge in [0.1, 0.15) is 0 Å². The molecule has 2 saturated heterocycles. The number of likely N-dealkylation sites (tertiary alicyclic amines) is 1. The lowest BCUT2D eigenvalue weighted by molar-refractivity contribution is -0.151. The summed E-state index contributed by atoms with van der Waals surface area (Å²) in [7, 11) is 0. The molecule has 1 aromatic carbocycles. The molecule has 2 heterocycles. The van der Waals surface area contributed by atoms with Crippen molar-refractivity contribution in [2.24, 2.45) is 11.8 Å². The first-order valence-electron chi connectivity index (χ1n) is 9.78. The van der Waals surface area contributed by atoms with E-state index < -0.39 is 17.8 Å². The van der Waals surface area contributed by atoms with Crippen molar-refractivity contribution in [1.29, 1.82) is 0 Å². The van der Waals surface area contributed by atoms with Gasteiger partial charge in [-0.2, -0.15) is 0 Å². The molecule has 1 aromatic rings. The van der Waals surface area contributed by atoms with Crippen LogP contribution in [0.2, 0.25) is 0 Å². The number of carbonyl (C=O) groups is 3. The topological polar surface area (TPSA) is 87.2 Å². The molecule has 2 fully saturated rings. The number of benzene rings is 1. The SMILES string of the molecule is Cc1ccc(C)c(CC(=O)N2C[C@@H](C(=O)O)C[C@@H](C(=O)N3CCOCC3)C2)c1. The minimum Gasteiger partial charge on any atom is -0.481 e. The first kappa shape index (κ1) is 20.3. The molecule has 0 aliphatic carbocycles. The highest BCUT2D eigenvalue weighted by Crippen LogP contribution is 2.25. The summed E-state index contributed by atoms with van der Waals surface area (Å²) in [5, 5.41) is 9.54. The van der Waals surface area contributed by atoms with Crippen LogP contribution >= 0.6 is 0 Å². The highest BCUT2D eigenvalue weighted by molar-refractivity contribution is 5.84. The van der Waals surface area contributed by atoms with Crippen LogP contribution in [-0.2, 0) is 25.5 Å². The molecule has 0 saturated carbocycles. The van der Waals surface area contributed by atoms with Gasteiger partial charge in [0.2, 0.25) is 11.8 Å². The summed E-state index contributed by atoms with van der Waals surface area (Å²) in [4.78, 5) is 40.7. The molecule has 2 atom stereocenters. The molecule has 2 aliphatic rings. The standard InChI is InChI=1S/C21H28N2O5/c1-14-3-4-15(2)16(9-14)11-19(24)23-12-17(10-18(13-23)21(26)27)20(25)22-5-7-28-8-6-22/h3-4,9,17-18H,5-8,10-13H2,1-2H3,(H,26,27)/t17-,18+/m1/s1. The average Bonchev–Trinajstić information content (AvgIpc) is 2.70. The second-order valence-electron chi connectivity index (χ2n) is 7.81. The maximum Gasteiger partial charge on any atom is 0.308 e. The predicted molar refractivity (Wildman–Crippen MR) is 103 cm³/mol. The Kier molecular flexibility index (Phi) is 6.34. The van der Waals surface area contributed by atoms with Gasteiger partial charge >= 0.3 is 5.97 Å². The number of amides is 2. The molecule has 1 N–H and O–H groups in total. The average molecular weight is 388 g/mol. The largest absolute Gasteiger partial charge is 0.481 e. The number of piperidine rings is 1. The molecule has 7 heteroatoms. The zero-order chi connectivity index (χ0) is 20.3. The van der Waals surface area contributed by atoms with Crippen LogP contribution in [0.3, 0.4) is 0 Å². The molecule has 7 nitrogen and oxygen atoms in total. The third-order valence-corrected chi connectivity index (χ3v) is 5.67. The molecule has 3 rings (SSSR count). The van der Waals surface area contributed by atoms with Crippen molar-refractivity contribution in [2.75, 3.05) is 39.4 Å². The number of hydrogen-bond donors (Lipinski definition) is 1. The van der Waals surface area contributed by atoms with Gasteiger partial charge in [-0.3, -0.25) is 14.4 Å². The minimum absolute atomic E-state index is 0.0706. The van der Waals surface area contributed by atoms with Crippen LogP contribution in [0, 0.1) is 25.7 Å². The zero-order valence-corrected chi connectivity index (χ0v) is 16.5. The van der Waals surface area contributed by atoms with Crippen LogP contribution in [0.5, 0.6) is 0 Å². The van der Waals surface area contributed by atoms with Crippen molar-refractivity contribution in [3.63, 3.8) is 0 Å². The van der Waals surface area contributed by atoms with E-state index in [0.29, 0.717) is 26.3 Å². The Morgan fingerprint density at radius 3 is 2.43 bits per heavy atom. The highest BCUT2D eigenvalue weighted by Gasteiger charge is 2.38. The second kappa shape index (κ2) is 8.73. The summed E-state index contributed by atoms with van der Waals surface area (Å²) < 4.78 is 5.29. The predicted octanol–water partition coefficient (Wildman–Crippen LogP) is 1.25. The van der Waals surface area contributed by atoms with Crippen LogP contribution < -0.4 is 0 Å². The summed E-state index contributed by atoms with van der Waals surface area (Å²) in [5.41, 5.74) is 3.06. The summed E-state index contributed by atoms with van der Waals surface area (Å²) in [6.07, 6.45) is 0.497. The van der Waals surface area contributed by atoms with Crippen molar-refractivity contribution in [2.45, 2.75) is 26.7 Å². The molecule has 2 aliphatic heterocycles. The lowest BCUT2D eigenvalue weighted by Crippen LogP contribution is -2.53. The Hall–Kier alpha value is -2.41. The first-order valence-corrected chi connectivity index (χ1v) is 9.78. The van der Waals surface area contributed by atoms with E-state index in [9.17, 15) is 19.5 Å². The highest BCUT2D eigenvalue weighted by atomic mass is 16.5. The molecule has 152 valence electrons. The fourth-order valence-electron chi connectivity index (χ4n) is 3.97. The van der Waals surface area contributed by atoms with Crippen molar-refractivity contribution in [1.82, 2.24) is 9.80 Å². The van der Waals surface area contributed by atoms with E-state index in [4.69, 9.17) is 4.74 Å². The van der Waals surface area contributed by atoms with Gasteiger partial charge in [0.15, 0.2) is 0 Å². The lowest BCUT2D eigenvalue weighted by atomic mass is 9.87. The maximum absolute atomic E-state index is 12.9. The minimum atomic E-state index is -0.955. The zero-order valence-electron chi connectivity index (χ0n) is 16.5. The summed E-state index contributed by atoms with van der Waals surface area (Å²) in [6, 6.07) is 5.98. The molecule has 0 unspecified atom stereocenters. The molecular weight excluding hydrogens is 360 g/mol. The number of carbonyl (C=O) groups excluding carboxylic acids is 2. The van der Waals surface area contributed by atoms with Crippen LogP contribution in [0.25, 0.3) is 0 Å². The number of hydrogen-bond acceptors (Lipinski definition) is 4. The summed E-state index contributed by atoms with van der Waals surface area (Å²) >= 11 is 0. The van der Waals surface area contributed by atoms with Crippen LogP contribution in [0.4, 0.5) is 0 Å². The molecule has 28 heavy (non-hydrogen) atoms. The number of nitrogens with zero attached hydrogens (tertiary/aromatic N) is 2. The maximum atomic E-state index is 12.9. The third kappa shape index (κ3) is 4.70. The Bertz CT molecular complexity index is 757. The number of carboxylic acid groups (broad SMARTS) is 1. The Balaban J connectivity index is 1.73. The Morgan fingerprint density at radius 2 is 1.75 bits per heavy atom. The number of morpholine rings is 1. The fourth-order valence-corrected chi connectivity index (χ4v) is 3.97. The third-order valence-electron chi connectivity index (χ3n) is 5.67. The number of aliphatic carboxylic acids is 1. The first-order chi connectivity index (χ1) is 13.3. The Morgan fingerprint density at radius 1 is 1.07 bits per heavy atom. The number of carboxylic acids is 1. The van der Waals surface area contributed by atoms with Crippen molar-refractivity contribution >= 4 is 17.8 Å². The van der Waals surface area contributed by atoms with Crippen LogP contribution in [0.1, 0.15) is 23.1 Å². The molecule has 0 spiro atoms. The van der Waals surface area contributed by atoms with Gasteiger partial charge in [0.25, 0.3) is 0 Å². The van der Waals surface area contributed by atoms with E-state index in [-0.39, 0.29) is 37.7 Å². The number of rotatable bonds is 4. The van der Waals surface area contributed by atoms with E-state index in [1.807, 2.05) is 32.0 Å². The molecule has 0 bridgehead atoms. The van der Waals surface area contributed by atoms with E-state index in [1.165, 1.54) is 0 Å². The van der Waals surface area contributed by atoms with Gasteiger partial charge in [-0.15, -0.1) is 0 Å². The van der Waals surface area contributed by atoms with Gasteiger partial charge in [0.05, 0.1) is 31.5 Å². The molecule has 2 amide bonds. The van der Waals surface area contributed by atoms with Crippen LogP contribution in [-0.4, -0.2) is 72.1 Å². The van der Waals surface area contributed by atoms with Crippen molar-refractivity contribution in [3.8, 4) is 0 Å².